The molecule has 0 bridgehead atoms. The van der Waals surface area contributed by atoms with E-state index in [2.05, 4.69) is 10.4 Å². The molecule has 1 atom stereocenters. The highest BCUT2D eigenvalue weighted by atomic mass is 35.5. The van der Waals surface area contributed by atoms with Crippen LogP contribution < -0.4 is 5.32 Å². The topological polar surface area (TPSA) is 67.2 Å². The number of fused-ring (bicyclic) bond motifs is 1. The number of nitrogens with zero attached hydrogens (tertiary/aromatic N) is 3. The third-order valence-electron chi connectivity index (χ3n) is 7.06. The van der Waals surface area contributed by atoms with E-state index in [0.29, 0.717) is 27.3 Å². The van der Waals surface area contributed by atoms with Crippen molar-refractivity contribution in [2.75, 3.05) is 13.1 Å². The fourth-order valence-corrected chi connectivity index (χ4v) is 6.25. The summed E-state index contributed by atoms with van der Waals surface area (Å²) in [5.74, 6) is 0.198. The number of aromatic nitrogens is 2. The molecule has 0 saturated carbocycles. The molecule has 0 unspecified atom stereocenters. The summed E-state index contributed by atoms with van der Waals surface area (Å²) < 4.78 is 42.0. The Bertz CT molecular complexity index is 1420. The Balaban J connectivity index is 1.34. The van der Waals surface area contributed by atoms with Crippen LogP contribution >= 0.6 is 23.4 Å². The second-order valence-electron chi connectivity index (χ2n) is 9.75. The Morgan fingerprint density at radius 2 is 1.95 bits per heavy atom. The summed E-state index contributed by atoms with van der Waals surface area (Å²) in [5.41, 5.74) is 0.614. The lowest BCUT2D eigenvalue weighted by Gasteiger charge is -2.28. The first-order chi connectivity index (χ1) is 18.1. The molecule has 11 heteroatoms. The van der Waals surface area contributed by atoms with Gasteiger partial charge in [-0.2, -0.15) is 18.3 Å². The van der Waals surface area contributed by atoms with Crippen LogP contribution in [0.15, 0.2) is 47.5 Å². The zero-order chi connectivity index (χ0) is 27.0. The van der Waals surface area contributed by atoms with Gasteiger partial charge in [0.2, 0.25) is 0 Å². The predicted molar refractivity (Wildman–Crippen MR) is 143 cm³/mol. The first-order valence-corrected chi connectivity index (χ1v) is 13.6. The number of imide groups is 1. The van der Waals surface area contributed by atoms with Crippen molar-refractivity contribution in [2.45, 2.75) is 44.9 Å². The number of hydrogen-bond donors (Lipinski definition) is 1. The van der Waals surface area contributed by atoms with E-state index in [9.17, 15) is 22.8 Å². The van der Waals surface area contributed by atoms with Gasteiger partial charge in [0.05, 0.1) is 28.7 Å². The molecule has 38 heavy (non-hydrogen) atoms. The van der Waals surface area contributed by atoms with Gasteiger partial charge in [-0.05, 0) is 98.4 Å². The van der Waals surface area contributed by atoms with Crippen molar-refractivity contribution in [3.8, 4) is 0 Å². The van der Waals surface area contributed by atoms with Gasteiger partial charge >= 0.3 is 6.18 Å². The highest BCUT2D eigenvalue weighted by molar-refractivity contribution is 8.18. The SMILES string of the molecule is C[C@@H](CC1CCNCC1)N1C(=O)S/C(=C\c2ccc3c(cnn3Cc3ccc(Cl)cc3C(F)(F)F)c2)C1=O. The van der Waals surface area contributed by atoms with E-state index in [4.69, 9.17) is 11.6 Å². The Morgan fingerprint density at radius 3 is 2.68 bits per heavy atom. The standard InChI is InChI=1S/C27H26ClF3N4O2S/c1-16(10-17-6-8-32-9-7-17)35-25(36)24(38-26(35)37)12-18-2-5-23-20(11-18)14-33-34(23)15-19-3-4-21(28)13-22(19)27(29,30)31/h2-5,11-14,16-17,32H,6-10,15H2,1H3/b24-12-/t16-/m0/s1. The van der Waals surface area contributed by atoms with Crippen molar-refractivity contribution >= 4 is 51.5 Å². The number of nitrogens with one attached hydrogen (secondary N) is 1. The van der Waals surface area contributed by atoms with Crippen LogP contribution in [0.1, 0.15) is 42.9 Å². The van der Waals surface area contributed by atoms with Gasteiger partial charge in [-0.3, -0.25) is 19.2 Å². The average Bonchev–Trinajstić information content (AvgIpc) is 3.39. The summed E-state index contributed by atoms with van der Waals surface area (Å²) in [4.78, 5) is 27.5. The van der Waals surface area contributed by atoms with Gasteiger partial charge in [0.15, 0.2) is 0 Å². The van der Waals surface area contributed by atoms with Crippen molar-refractivity contribution in [3.05, 3.63) is 69.2 Å². The van der Waals surface area contributed by atoms with Crippen LogP contribution in [-0.4, -0.2) is 45.0 Å². The molecule has 2 aliphatic rings. The molecule has 2 saturated heterocycles. The number of benzene rings is 2. The normalized spacial score (nSPS) is 19.2. The molecule has 3 aromatic rings. The minimum Gasteiger partial charge on any atom is -0.317 e. The molecule has 0 aliphatic carbocycles. The highest BCUT2D eigenvalue weighted by Crippen LogP contribution is 2.37. The molecule has 200 valence electrons. The largest absolute Gasteiger partial charge is 0.416 e. The third kappa shape index (κ3) is 5.62. The van der Waals surface area contributed by atoms with Gasteiger partial charge in [-0.25, -0.2) is 0 Å². The van der Waals surface area contributed by atoms with Gasteiger partial charge in [0.25, 0.3) is 11.1 Å². The zero-order valence-corrected chi connectivity index (χ0v) is 22.2. The van der Waals surface area contributed by atoms with Crippen molar-refractivity contribution in [1.82, 2.24) is 20.0 Å². The lowest BCUT2D eigenvalue weighted by Crippen LogP contribution is -2.39. The molecule has 2 aromatic carbocycles. The van der Waals surface area contributed by atoms with E-state index in [1.54, 1.807) is 30.5 Å². The van der Waals surface area contributed by atoms with Gasteiger partial charge in [-0.15, -0.1) is 0 Å². The number of thioether (sulfide) groups is 1. The molecule has 1 aromatic heterocycles. The van der Waals surface area contributed by atoms with Crippen LogP contribution in [0.5, 0.6) is 0 Å². The number of piperidine rings is 1. The summed E-state index contributed by atoms with van der Waals surface area (Å²) in [5, 5.41) is 8.07. The van der Waals surface area contributed by atoms with Crippen LogP contribution in [0.3, 0.4) is 0 Å². The van der Waals surface area contributed by atoms with E-state index < -0.39 is 11.7 Å². The van der Waals surface area contributed by atoms with Crippen LogP contribution in [0.2, 0.25) is 5.02 Å². The monoisotopic (exact) mass is 562 g/mol. The number of amides is 2. The van der Waals surface area contributed by atoms with Crippen LogP contribution in [0.4, 0.5) is 18.0 Å². The lowest BCUT2D eigenvalue weighted by molar-refractivity contribution is -0.138. The summed E-state index contributed by atoms with van der Waals surface area (Å²) in [6.07, 6.45) is 1.59. The third-order valence-corrected chi connectivity index (χ3v) is 8.18. The summed E-state index contributed by atoms with van der Waals surface area (Å²) >= 11 is 6.73. The fourth-order valence-electron chi connectivity index (χ4n) is 5.15. The number of hydrogen-bond acceptors (Lipinski definition) is 5. The maximum Gasteiger partial charge on any atom is 0.416 e. The van der Waals surface area contributed by atoms with Crippen molar-refractivity contribution in [3.63, 3.8) is 0 Å². The maximum atomic E-state index is 13.5. The van der Waals surface area contributed by atoms with Crippen LogP contribution in [-0.2, 0) is 17.5 Å². The molecular weight excluding hydrogens is 537 g/mol. The number of carbonyl (C=O) groups excluding carboxylic acids is 2. The van der Waals surface area contributed by atoms with Gasteiger partial charge < -0.3 is 5.32 Å². The molecule has 6 nitrogen and oxygen atoms in total. The van der Waals surface area contributed by atoms with Gasteiger partial charge in [-0.1, -0.05) is 23.7 Å². The zero-order valence-electron chi connectivity index (χ0n) is 20.6. The molecule has 2 fully saturated rings. The van der Waals surface area contributed by atoms with E-state index in [1.165, 1.54) is 21.7 Å². The Hall–Kier alpha value is -2.82. The van der Waals surface area contributed by atoms with Crippen LogP contribution in [0, 0.1) is 5.92 Å². The molecule has 2 aliphatic heterocycles. The van der Waals surface area contributed by atoms with E-state index in [0.717, 1.165) is 50.2 Å². The second-order valence-corrected chi connectivity index (χ2v) is 11.2. The van der Waals surface area contributed by atoms with E-state index in [1.807, 2.05) is 6.92 Å². The predicted octanol–water partition coefficient (Wildman–Crippen LogP) is 6.57. The van der Waals surface area contributed by atoms with E-state index in [-0.39, 0.29) is 34.3 Å². The Kier molecular flexibility index (Phi) is 7.57. The highest BCUT2D eigenvalue weighted by Gasteiger charge is 2.39. The summed E-state index contributed by atoms with van der Waals surface area (Å²) in [6.45, 7) is 3.76. The number of halogens is 4. The lowest BCUT2D eigenvalue weighted by atomic mass is 9.91. The summed E-state index contributed by atoms with van der Waals surface area (Å²) in [7, 11) is 0. The Morgan fingerprint density at radius 1 is 1.18 bits per heavy atom. The fraction of sp³-hybridized carbons (Fsp3) is 0.370. The van der Waals surface area contributed by atoms with Crippen molar-refractivity contribution in [1.29, 1.82) is 0 Å². The first kappa shape index (κ1) is 26.8. The molecule has 0 spiro atoms. The summed E-state index contributed by atoms with van der Waals surface area (Å²) in [6, 6.07) is 8.84. The van der Waals surface area contributed by atoms with Gasteiger partial charge in [0, 0.05) is 16.5 Å². The maximum absolute atomic E-state index is 13.5. The number of rotatable bonds is 6. The molecule has 0 radical (unpaired) electrons. The minimum atomic E-state index is -4.54. The van der Waals surface area contributed by atoms with E-state index >= 15 is 0 Å². The van der Waals surface area contributed by atoms with Crippen molar-refractivity contribution < 1.29 is 22.8 Å². The average molecular weight is 563 g/mol. The smallest absolute Gasteiger partial charge is 0.317 e. The van der Waals surface area contributed by atoms with Crippen LogP contribution in [0.25, 0.3) is 17.0 Å². The number of carbonyl (C=O) groups is 2. The minimum absolute atomic E-state index is 0.0149. The molecule has 2 amide bonds. The van der Waals surface area contributed by atoms with Gasteiger partial charge in [0.1, 0.15) is 0 Å². The second kappa shape index (κ2) is 10.7. The first-order valence-electron chi connectivity index (χ1n) is 12.4. The Labute approximate surface area is 227 Å². The molecule has 3 heterocycles. The van der Waals surface area contributed by atoms with Crippen molar-refractivity contribution in [2.24, 2.45) is 5.92 Å². The molecular formula is C27H26ClF3N4O2S. The molecule has 5 rings (SSSR count). The quantitative estimate of drug-likeness (QED) is 0.344. The number of alkyl halides is 3. The molecule has 1 N–H and O–H groups in total.